The summed E-state index contributed by atoms with van der Waals surface area (Å²) in [6.07, 6.45) is 0. The zero-order valence-corrected chi connectivity index (χ0v) is 9.51. The summed E-state index contributed by atoms with van der Waals surface area (Å²) in [5.41, 5.74) is 6.53. The van der Waals surface area contributed by atoms with Gasteiger partial charge in [-0.25, -0.2) is 0 Å². The first-order chi connectivity index (χ1) is 6.60. The lowest BCUT2D eigenvalue weighted by molar-refractivity contribution is 0.0963. The fraction of sp³-hybridized carbons (Fsp3) is 0.222. The highest BCUT2D eigenvalue weighted by atomic mass is 79.9. The smallest absolute Gasteiger partial charge is 0.253 e. The molecular weight excluding hydrogens is 248 g/mol. The van der Waals surface area contributed by atoms with E-state index in [0.29, 0.717) is 21.5 Å². The quantitative estimate of drug-likeness (QED) is 0.789. The van der Waals surface area contributed by atoms with Crippen molar-refractivity contribution in [1.82, 2.24) is 5.32 Å². The van der Waals surface area contributed by atoms with Crippen LogP contribution in [0.5, 0.6) is 5.75 Å². The lowest BCUT2D eigenvalue weighted by Gasteiger charge is -2.08. The second kappa shape index (κ2) is 4.32. The van der Waals surface area contributed by atoms with Gasteiger partial charge in [0.15, 0.2) is 0 Å². The Bertz CT molecular complexity index is 366. The van der Waals surface area contributed by atoms with E-state index in [0.717, 1.165) is 0 Å². The van der Waals surface area contributed by atoms with Crippen LogP contribution in [0, 0.1) is 0 Å². The minimum atomic E-state index is -0.234. The van der Waals surface area contributed by atoms with Gasteiger partial charge < -0.3 is 15.8 Å². The summed E-state index contributed by atoms with van der Waals surface area (Å²) in [4.78, 5) is 11.4. The first-order valence-electron chi connectivity index (χ1n) is 3.95. The van der Waals surface area contributed by atoms with Gasteiger partial charge in [-0.2, -0.15) is 0 Å². The average molecular weight is 259 g/mol. The molecule has 0 saturated carbocycles. The van der Waals surface area contributed by atoms with Gasteiger partial charge in [-0.1, -0.05) is 0 Å². The predicted octanol–water partition coefficient (Wildman–Crippen LogP) is 1.40. The van der Waals surface area contributed by atoms with Gasteiger partial charge in [0, 0.05) is 11.5 Å². The second-order valence-corrected chi connectivity index (χ2v) is 3.50. The van der Waals surface area contributed by atoms with Crippen LogP contribution < -0.4 is 15.8 Å². The number of benzene rings is 1. The molecule has 3 N–H and O–H groups in total. The van der Waals surface area contributed by atoms with Crippen molar-refractivity contribution in [2.24, 2.45) is 0 Å². The van der Waals surface area contributed by atoms with Crippen LogP contribution in [0.15, 0.2) is 16.6 Å². The number of hydrogen-bond donors (Lipinski definition) is 2. The highest BCUT2D eigenvalue weighted by molar-refractivity contribution is 9.10. The third-order valence-electron chi connectivity index (χ3n) is 1.81. The Hall–Kier alpha value is -1.23. The molecule has 0 saturated heterocycles. The monoisotopic (exact) mass is 258 g/mol. The molecule has 5 heteroatoms. The number of hydrogen-bond acceptors (Lipinski definition) is 3. The number of halogens is 1. The largest absolute Gasteiger partial charge is 0.497 e. The fourth-order valence-corrected chi connectivity index (χ4v) is 1.47. The van der Waals surface area contributed by atoms with Gasteiger partial charge in [0.1, 0.15) is 5.75 Å². The molecule has 4 nitrogen and oxygen atoms in total. The van der Waals surface area contributed by atoms with E-state index >= 15 is 0 Å². The molecule has 0 aliphatic carbocycles. The Morgan fingerprint density at radius 2 is 2.21 bits per heavy atom. The summed E-state index contributed by atoms with van der Waals surface area (Å²) < 4.78 is 5.67. The normalized spacial score (nSPS) is 9.64. The number of nitrogen functional groups attached to an aromatic ring is 1. The maximum absolute atomic E-state index is 11.4. The van der Waals surface area contributed by atoms with E-state index in [-0.39, 0.29) is 5.91 Å². The van der Waals surface area contributed by atoms with Crippen molar-refractivity contribution >= 4 is 27.5 Å². The first kappa shape index (κ1) is 10.8. The van der Waals surface area contributed by atoms with E-state index < -0.39 is 0 Å². The van der Waals surface area contributed by atoms with Crippen LogP contribution in [-0.2, 0) is 0 Å². The third kappa shape index (κ3) is 1.98. The van der Waals surface area contributed by atoms with Crippen molar-refractivity contribution in [1.29, 1.82) is 0 Å². The average Bonchev–Trinajstić information content (AvgIpc) is 2.20. The highest BCUT2D eigenvalue weighted by Gasteiger charge is 2.12. The summed E-state index contributed by atoms with van der Waals surface area (Å²) in [5, 5.41) is 2.51. The van der Waals surface area contributed by atoms with E-state index in [1.54, 1.807) is 19.2 Å². The van der Waals surface area contributed by atoms with Gasteiger partial charge in [0.2, 0.25) is 0 Å². The van der Waals surface area contributed by atoms with Gasteiger partial charge in [-0.3, -0.25) is 4.79 Å². The molecule has 0 atom stereocenters. The molecule has 0 radical (unpaired) electrons. The zero-order valence-electron chi connectivity index (χ0n) is 7.93. The molecule has 0 aliphatic rings. The Kier molecular flexibility index (Phi) is 3.35. The maximum Gasteiger partial charge on any atom is 0.253 e. The van der Waals surface area contributed by atoms with Crippen molar-refractivity contribution < 1.29 is 9.53 Å². The minimum absolute atomic E-state index is 0.234. The molecule has 0 heterocycles. The van der Waals surface area contributed by atoms with Crippen LogP contribution >= 0.6 is 15.9 Å². The summed E-state index contributed by atoms with van der Waals surface area (Å²) in [6, 6.07) is 3.31. The Labute approximate surface area is 90.6 Å². The molecule has 0 unspecified atom stereocenters. The molecule has 0 fully saturated rings. The zero-order chi connectivity index (χ0) is 10.7. The molecule has 1 aromatic carbocycles. The van der Waals surface area contributed by atoms with Crippen molar-refractivity contribution in [2.45, 2.75) is 0 Å². The van der Waals surface area contributed by atoms with Crippen LogP contribution in [0.4, 0.5) is 5.69 Å². The van der Waals surface area contributed by atoms with Crippen molar-refractivity contribution in [3.05, 3.63) is 22.2 Å². The molecule has 14 heavy (non-hydrogen) atoms. The van der Waals surface area contributed by atoms with E-state index in [4.69, 9.17) is 10.5 Å². The molecule has 1 rings (SSSR count). The van der Waals surface area contributed by atoms with Gasteiger partial charge in [-0.15, -0.1) is 0 Å². The number of nitrogens with two attached hydrogens (primary N) is 1. The Balaban J connectivity index is 3.27. The van der Waals surface area contributed by atoms with Crippen molar-refractivity contribution in [3.63, 3.8) is 0 Å². The first-order valence-corrected chi connectivity index (χ1v) is 4.74. The maximum atomic E-state index is 11.4. The van der Waals surface area contributed by atoms with E-state index in [9.17, 15) is 4.79 Å². The number of rotatable bonds is 2. The lowest BCUT2D eigenvalue weighted by atomic mass is 10.1. The lowest BCUT2D eigenvalue weighted by Crippen LogP contribution is -2.19. The van der Waals surface area contributed by atoms with Crippen LogP contribution in [0.2, 0.25) is 0 Å². The van der Waals surface area contributed by atoms with Crippen LogP contribution in [0.1, 0.15) is 10.4 Å². The van der Waals surface area contributed by atoms with Gasteiger partial charge >= 0.3 is 0 Å². The number of ether oxygens (including phenoxy) is 1. The number of methoxy groups -OCH3 is 1. The molecular formula is C9H11BrN2O2. The predicted molar refractivity (Wildman–Crippen MR) is 58.5 cm³/mol. The standard InChI is InChI=1S/C9H11BrN2O2/c1-12-9(13)6-3-5(14-2)4-7(10)8(6)11/h3-4H,11H2,1-2H3,(H,12,13). The number of nitrogens with one attached hydrogen (secondary N) is 1. The number of carbonyl (C=O) groups excluding carboxylic acids is 1. The Morgan fingerprint density at radius 1 is 1.57 bits per heavy atom. The molecule has 1 amide bonds. The SMILES string of the molecule is CNC(=O)c1cc(OC)cc(Br)c1N. The fourth-order valence-electron chi connectivity index (χ4n) is 1.03. The summed E-state index contributed by atoms with van der Waals surface area (Å²) >= 11 is 3.25. The van der Waals surface area contributed by atoms with Gasteiger partial charge in [0.25, 0.3) is 5.91 Å². The van der Waals surface area contributed by atoms with Gasteiger partial charge in [0.05, 0.1) is 18.4 Å². The van der Waals surface area contributed by atoms with Crippen molar-refractivity contribution in [2.75, 3.05) is 19.9 Å². The van der Waals surface area contributed by atoms with Crippen LogP contribution in [0.3, 0.4) is 0 Å². The van der Waals surface area contributed by atoms with Gasteiger partial charge in [-0.05, 0) is 28.1 Å². The van der Waals surface area contributed by atoms with E-state index in [1.165, 1.54) is 7.11 Å². The van der Waals surface area contributed by atoms with Crippen molar-refractivity contribution in [3.8, 4) is 5.75 Å². The highest BCUT2D eigenvalue weighted by Crippen LogP contribution is 2.28. The molecule has 0 bridgehead atoms. The Morgan fingerprint density at radius 3 is 2.71 bits per heavy atom. The summed E-state index contributed by atoms with van der Waals surface area (Å²) in [6.45, 7) is 0. The molecule has 1 aromatic rings. The van der Waals surface area contributed by atoms with E-state index in [1.807, 2.05) is 0 Å². The molecule has 0 aliphatic heterocycles. The van der Waals surface area contributed by atoms with Crippen LogP contribution in [0.25, 0.3) is 0 Å². The summed E-state index contributed by atoms with van der Waals surface area (Å²) in [7, 11) is 3.08. The number of amides is 1. The van der Waals surface area contributed by atoms with E-state index in [2.05, 4.69) is 21.2 Å². The minimum Gasteiger partial charge on any atom is -0.497 e. The second-order valence-electron chi connectivity index (χ2n) is 2.65. The molecule has 0 aromatic heterocycles. The topological polar surface area (TPSA) is 64.3 Å². The number of anilines is 1. The summed E-state index contributed by atoms with van der Waals surface area (Å²) in [5.74, 6) is 0.353. The molecule has 76 valence electrons. The molecule has 0 spiro atoms. The third-order valence-corrected chi connectivity index (χ3v) is 2.47. The number of carbonyl (C=O) groups is 1. The van der Waals surface area contributed by atoms with Crippen LogP contribution in [-0.4, -0.2) is 20.1 Å².